The molecule has 0 aromatic heterocycles. The molecule has 0 spiro atoms. The molecule has 1 aliphatic carbocycles. The van der Waals surface area contributed by atoms with Crippen molar-refractivity contribution in [2.75, 3.05) is 13.9 Å². The average molecular weight is 467 g/mol. The van der Waals surface area contributed by atoms with E-state index in [-0.39, 0.29) is 31.3 Å². The van der Waals surface area contributed by atoms with Gasteiger partial charge in [0.2, 0.25) is 8.32 Å². The van der Waals surface area contributed by atoms with Gasteiger partial charge in [0.1, 0.15) is 12.9 Å². The highest BCUT2D eigenvalue weighted by atomic mass is 28.4. The van der Waals surface area contributed by atoms with Crippen LogP contribution in [0.4, 0.5) is 0 Å². The van der Waals surface area contributed by atoms with Crippen LogP contribution in [0, 0.1) is 23.7 Å². The lowest BCUT2D eigenvalue weighted by atomic mass is 9.75. The molecular weight excluding hydrogens is 420 g/mol. The second-order valence-corrected chi connectivity index (χ2v) is 15.7. The Kier molecular flexibility index (Phi) is 12.2. The maximum Gasteiger partial charge on any atom is 0.304 e. The summed E-state index contributed by atoms with van der Waals surface area (Å²) < 4.78 is 18.0. The number of aliphatic carboxylic acids is 1. The zero-order valence-electron chi connectivity index (χ0n) is 21.6. The van der Waals surface area contributed by atoms with Crippen LogP contribution in [0.25, 0.3) is 0 Å². The van der Waals surface area contributed by atoms with Gasteiger partial charge in [-0.15, -0.1) is 0 Å². The minimum atomic E-state index is -2.01. The van der Waals surface area contributed by atoms with E-state index in [1.807, 2.05) is 0 Å². The molecule has 1 fully saturated rings. The Balaban J connectivity index is 3.03. The quantitative estimate of drug-likeness (QED) is 0.156. The van der Waals surface area contributed by atoms with Crippen molar-refractivity contribution in [1.82, 2.24) is 0 Å². The zero-order chi connectivity index (χ0) is 24.5. The van der Waals surface area contributed by atoms with Gasteiger partial charge in [0.25, 0.3) is 0 Å². The van der Waals surface area contributed by atoms with Crippen molar-refractivity contribution in [2.24, 2.45) is 11.8 Å². The normalized spacial score (nSPS) is 22.8. The number of ether oxygens (including phenoxy) is 2. The van der Waals surface area contributed by atoms with Crippen LogP contribution in [0.2, 0.25) is 16.6 Å². The SMILES string of the molecule is C=C1[C@H](CC(C#CCCC(=O)O)OCOC)C[C@@H](C)C[C@H]1O[Si](C(C)C)(C(C)C)C(C)C. The van der Waals surface area contributed by atoms with Crippen LogP contribution >= 0.6 is 0 Å². The van der Waals surface area contributed by atoms with Crippen molar-refractivity contribution in [3.05, 3.63) is 12.2 Å². The van der Waals surface area contributed by atoms with Gasteiger partial charge in [-0.1, -0.05) is 66.9 Å². The molecule has 184 valence electrons. The van der Waals surface area contributed by atoms with Crippen molar-refractivity contribution in [2.45, 2.75) is 109 Å². The maximum atomic E-state index is 10.8. The highest BCUT2D eigenvalue weighted by Gasteiger charge is 2.48. The monoisotopic (exact) mass is 466 g/mol. The van der Waals surface area contributed by atoms with E-state index in [0.29, 0.717) is 29.0 Å². The summed E-state index contributed by atoms with van der Waals surface area (Å²) in [4.78, 5) is 10.8. The van der Waals surface area contributed by atoms with E-state index in [4.69, 9.17) is 19.0 Å². The molecule has 32 heavy (non-hydrogen) atoms. The third kappa shape index (κ3) is 8.02. The molecule has 1 saturated carbocycles. The topological polar surface area (TPSA) is 65.0 Å². The number of hydrogen-bond acceptors (Lipinski definition) is 4. The Morgan fingerprint density at radius 3 is 2.25 bits per heavy atom. The maximum absolute atomic E-state index is 10.8. The third-order valence-electron chi connectivity index (χ3n) is 6.91. The van der Waals surface area contributed by atoms with E-state index in [1.165, 1.54) is 5.57 Å². The van der Waals surface area contributed by atoms with E-state index >= 15 is 0 Å². The molecule has 0 aromatic carbocycles. The second kappa shape index (κ2) is 13.5. The number of carboxylic acids is 1. The van der Waals surface area contributed by atoms with Crippen molar-refractivity contribution in [3.63, 3.8) is 0 Å². The van der Waals surface area contributed by atoms with Gasteiger partial charge in [-0.05, 0) is 53.3 Å². The highest BCUT2D eigenvalue weighted by molar-refractivity contribution is 6.77. The first kappa shape index (κ1) is 28.9. The smallest absolute Gasteiger partial charge is 0.304 e. The Bertz CT molecular complexity index is 639. The van der Waals surface area contributed by atoms with E-state index in [0.717, 1.165) is 19.3 Å². The minimum absolute atomic E-state index is 0.0411. The summed E-state index contributed by atoms with van der Waals surface area (Å²) in [6.45, 7) is 20.9. The van der Waals surface area contributed by atoms with Gasteiger partial charge in [0.05, 0.1) is 12.5 Å². The van der Waals surface area contributed by atoms with Gasteiger partial charge in [0.15, 0.2) is 0 Å². The van der Waals surface area contributed by atoms with Gasteiger partial charge in [0, 0.05) is 13.5 Å². The molecule has 0 radical (unpaired) electrons. The molecule has 1 N–H and O–H groups in total. The average Bonchev–Trinajstić information content (AvgIpc) is 2.69. The fraction of sp³-hybridized carbons (Fsp3) is 0.808. The number of methoxy groups -OCH3 is 1. The summed E-state index contributed by atoms with van der Waals surface area (Å²) in [7, 11) is -0.418. The van der Waals surface area contributed by atoms with Gasteiger partial charge in [-0.25, -0.2) is 0 Å². The Morgan fingerprint density at radius 2 is 1.75 bits per heavy atom. The lowest BCUT2D eigenvalue weighted by molar-refractivity contribution is -0.136. The molecule has 0 aromatic rings. The van der Waals surface area contributed by atoms with Crippen molar-refractivity contribution >= 4 is 14.3 Å². The predicted molar refractivity (Wildman–Crippen MR) is 133 cm³/mol. The minimum Gasteiger partial charge on any atom is -0.481 e. The molecular formula is C26H46O5Si. The standard InChI is InChI=1S/C26H46O5Si/c1-18(2)32(19(3)4,20(5)6)31-25-15-21(7)14-23(22(25)8)16-24(30-17-29-9)12-10-11-13-26(27)28/h18-21,23-25H,8,11,13-17H2,1-7,9H3,(H,27,28)/t21-,23+,24?,25-/m1/s1. The predicted octanol–water partition coefficient (Wildman–Crippen LogP) is 6.40. The van der Waals surface area contributed by atoms with E-state index in [2.05, 4.69) is 66.9 Å². The Hall–Kier alpha value is -1.13. The van der Waals surface area contributed by atoms with Crippen molar-refractivity contribution in [1.29, 1.82) is 0 Å². The molecule has 0 saturated heterocycles. The lowest BCUT2D eigenvalue weighted by Crippen LogP contribution is -2.51. The number of carbonyl (C=O) groups is 1. The van der Waals surface area contributed by atoms with Crippen molar-refractivity contribution < 1.29 is 23.8 Å². The number of hydrogen-bond donors (Lipinski definition) is 1. The Labute approximate surface area is 197 Å². The van der Waals surface area contributed by atoms with Gasteiger partial charge >= 0.3 is 5.97 Å². The first-order chi connectivity index (χ1) is 14.9. The summed E-state index contributed by atoms with van der Waals surface area (Å²) in [5.74, 6) is 6.06. The molecule has 0 bridgehead atoms. The van der Waals surface area contributed by atoms with Crippen LogP contribution in [0.1, 0.15) is 80.6 Å². The van der Waals surface area contributed by atoms with Gasteiger partial charge < -0.3 is 19.0 Å². The molecule has 4 atom stereocenters. The van der Waals surface area contributed by atoms with E-state index in [1.54, 1.807) is 7.11 Å². The molecule has 6 heteroatoms. The first-order valence-corrected chi connectivity index (χ1v) is 14.3. The Morgan fingerprint density at radius 1 is 1.16 bits per heavy atom. The molecule has 1 rings (SSSR count). The van der Waals surface area contributed by atoms with Gasteiger partial charge in [-0.3, -0.25) is 4.79 Å². The molecule has 0 heterocycles. The molecule has 0 amide bonds. The van der Waals surface area contributed by atoms with E-state index < -0.39 is 14.3 Å². The fourth-order valence-electron chi connectivity index (χ4n) is 5.47. The van der Waals surface area contributed by atoms with Crippen LogP contribution < -0.4 is 0 Å². The van der Waals surface area contributed by atoms with Crippen LogP contribution in [0.3, 0.4) is 0 Å². The van der Waals surface area contributed by atoms with Crippen molar-refractivity contribution in [3.8, 4) is 11.8 Å². The first-order valence-electron chi connectivity index (χ1n) is 12.1. The summed E-state index contributed by atoms with van der Waals surface area (Å²) in [6, 6.07) is 0. The third-order valence-corrected chi connectivity index (χ3v) is 13.0. The summed E-state index contributed by atoms with van der Waals surface area (Å²) in [6.07, 6.45) is 2.92. The summed E-state index contributed by atoms with van der Waals surface area (Å²) >= 11 is 0. The molecule has 0 aliphatic heterocycles. The summed E-state index contributed by atoms with van der Waals surface area (Å²) in [5.41, 5.74) is 2.76. The zero-order valence-corrected chi connectivity index (χ0v) is 22.6. The van der Waals surface area contributed by atoms with Crippen LogP contribution in [0.5, 0.6) is 0 Å². The number of rotatable bonds is 12. The van der Waals surface area contributed by atoms with Crippen LogP contribution in [-0.2, 0) is 18.7 Å². The fourth-order valence-corrected chi connectivity index (χ4v) is 11.0. The van der Waals surface area contributed by atoms with E-state index in [9.17, 15) is 4.79 Å². The highest BCUT2D eigenvalue weighted by Crippen LogP contribution is 2.47. The molecule has 5 nitrogen and oxygen atoms in total. The van der Waals surface area contributed by atoms with Gasteiger partial charge in [-0.2, -0.15) is 0 Å². The summed E-state index contributed by atoms with van der Waals surface area (Å²) in [5, 5.41) is 8.84. The number of carboxylic acid groups (broad SMARTS) is 1. The largest absolute Gasteiger partial charge is 0.481 e. The molecule has 1 aliphatic rings. The van der Waals surface area contributed by atoms with Crippen LogP contribution in [-0.4, -0.2) is 45.5 Å². The van der Waals surface area contributed by atoms with Crippen LogP contribution in [0.15, 0.2) is 12.2 Å². The lowest BCUT2D eigenvalue weighted by Gasteiger charge is -2.48. The molecule has 1 unspecified atom stereocenters. The second-order valence-electron chi connectivity index (χ2n) is 10.3.